The number of benzene rings is 2. The molecule has 2 aromatic carbocycles. The number of hydrogen-bond donors (Lipinski definition) is 0. The number of Topliss-reactive ketones (excluding diaryl/α,β-unsaturated/α-hetero) is 1. The molecule has 0 aliphatic rings. The summed E-state index contributed by atoms with van der Waals surface area (Å²) in [6.07, 6.45) is 0. The molecule has 0 radical (unpaired) electrons. The van der Waals surface area contributed by atoms with Gasteiger partial charge in [-0.15, -0.1) is 11.3 Å². The van der Waals surface area contributed by atoms with E-state index in [4.69, 9.17) is 4.74 Å². The van der Waals surface area contributed by atoms with Gasteiger partial charge in [0.2, 0.25) is 0 Å². The van der Waals surface area contributed by atoms with Crippen molar-refractivity contribution in [3.05, 3.63) is 59.1 Å². The van der Waals surface area contributed by atoms with Crippen molar-refractivity contribution in [3.8, 4) is 27.4 Å². The van der Waals surface area contributed by atoms with Crippen LogP contribution < -0.4 is 4.74 Å². The van der Waals surface area contributed by atoms with E-state index in [1.54, 1.807) is 14.0 Å². The first kappa shape index (κ1) is 15.4. The van der Waals surface area contributed by atoms with E-state index < -0.39 is 0 Å². The number of thiazole rings is 1. The van der Waals surface area contributed by atoms with Gasteiger partial charge in [-0.3, -0.25) is 4.79 Å². The lowest BCUT2D eigenvalue weighted by atomic mass is 10.0. The molecule has 1 aromatic heterocycles. The van der Waals surface area contributed by atoms with E-state index in [0.717, 1.165) is 38.0 Å². The molecule has 0 aliphatic carbocycles. The van der Waals surface area contributed by atoms with Crippen LogP contribution in [0.15, 0.2) is 48.5 Å². The Morgan fingerprint density at radius 1 is 0.957 bits per heavy atom. The molecule has 0 amide bonds. The monoisotopic (exact) mass is 323 g/mol. The van der Waals surface area contributed by atoms with E-state index in [-0.39, 0.29) is 5.78 Å². The third-order valence-corrected chi connectivity index (χ3v) is 4.98. The summed E-state index contributed by atoms with van der Waals surface area (Å²) in [6, 6.07) is 16.2. The minimum absolute atomic E-state index is 0.0705. The molecule has 0 fully saturated rings. The molecule has 23 heavy (non-hydrogen) atoms. The molecular formula is C19H17NO2S. The van der Waals surface area contributed by atoms with Crippen LogP contribution in [0.5, 0.6) is 5.75 Å². The van der Waals surface area contributed by atoms with Gasteiger partial charge in [0.15, 0.2) is 5.78 Å². The van der Waals surface area contributed by atoms with Crippen LogP contribution in [0.4, 0.5) is 0 Å². The summed E-state index contributed by atoms with van der Waals surface area (Å²) in [6.45, 7) is 3.46. The van der Waals surface area contributed by atoms with Crippen LogP contribution in [0.2, 0.25) is 0 Å². The largest absolute Gasteiger partial charge is 0.497 e. The zero-order valence-electron chi connectivity index (χ0n) is 13.3. The molecular weight excluding hydrogens is 306 g/mol. The second-order valence-corrected chi connectivity index (χ2v) is 6.29. The predicted octanol–water partition coefficient (Wildman–Crippen LogP) is 5.00. The Morgan fingerprint density at radius 2 is 1.48 bits per heavy atom. The van der Waals surface area contributed by atoms with Crippen LogP contribution in [-0.2, 0) is 0 Å². The maximum Gasteiger partial charge on any atom is 0.171 e. The van der Waals surface area contributed by atoms with Crippen LogP contribution in [0.3, 0.4) is 0 Å². The summed E-state index contributed by atoms with van der Waals surface area (Å²) < 4.78 is 5.18. The summed E-state index contributed by atoms with van der Waals surface area (Å²) in [4.78, 5) is 16.8. The van der Waals surface area contributed by atoms with Crippen molar-refractivity contribution in [1.29, 1.82) is 0 Å². The van der Waals surface area contributed by atoms with Crippen molar-refractivity contribution in [2.24, 2.45) is 0 Å². The number of aromatic nitrogens is 1. The van der Waals surface area contributed by atoms with Gasteiger partial charge in [0, 0.05) is 12.5 Å². The highest BCUT2D eigenvalue weighted by Crippen LogP contribution is 2.30. The van der Waals surface area contributed by atoms with E-state index in [1.807, 2.05) is 43.3 Å². The second-order valence-electron chi connectivity index (χ2n) is 5.30. The molecule has 3 nitrogen and oxygen atoms in total. The Balaban J connectivity index is 1.89. The van der Waals surface area contributed by atoms with Crippen LogP contribution >= 0.6 is 11.3 Å². The van der Waals surface area contributed by atoms with Gasteiger partial charge in [-0.2, -0.15) is 0 Å². The molecule has 0 saturated heterocycles. The normalized spacial score (nSPS) is 10.6. The molecule has 1 heterocycles. The van der Waals surface area contributed by atoms with E-state index >= 15 is 0 Å². The Labute approximate surface area is 139 Å². The number of rotatable bonds is 4. The fourth-order valence-corrected chi connectivity index (χ4v) is 3.40. The minimum Gasteiger partial charge on any atom is -0.497 e. The number of ether oxygens (including phenoxy) is 1. The van der Waals surface area contributed by atoms with Crippen molar-refractivity contribution in [1.82, 2.24) is 4.98 Å². The van der Waals surface area contributed by atoms with Crippen molar-refractivity contribution in [2.45, 2.75) is 13.8 Å². The number of aryl methyl sites for hydroxylation is 1. The van der Waals surface area contributed by atoms with E-state index in [9.17, 15) is 4.79 Å². The van der Waals surface area contributed by atoms with E-state index in [2.05, 4.69) is 17.1 Å². The van der Waals surface area contributed by atoms with Gasteiger partial charge in [0.05, 0.1) is 17.7 Å². The summed E-state index contributed by atoms with van der Waals surface area (Å²) in [5.41, 5.74) is 4.10. The molecule has 3 aromatic rings. The maximum absolute atomic E-state index is 11.6. The third kappa shape index (κ3) is 3.17. The van der Waals surface area contributed by atoms with Crippen LogP contribution in [0.1, 0.15) is 22.3 Å². The van der Waals surface area contributed by atoms with Gasteiger partial charge < -0.3 is 4.74 Å². The average molecular weight is 323 g/mol. The zero-order valence-corrected chi connectivity index (χ0v) is 14.1. The van der Waals surface area contributed by atoms with Crippen molar-refractivity contribution < 1.29 is 9.53 Å². The number of nitrogens with zero attached hydrogens (tertiary/aromatic N) is 1. The highest BCUT2D eigenvalue weighted by molar-refractivity contribution is 7.17. The molecule has 0 saturated carbocycles. The molecule has 3 rings (SSSR count). The van der Waals surface area contributed by atoms with E-state index in [1.165, 1.54) is 11.3 Å². The van der Waals surface area contributed by atoms with Gasteiger partial charge >= 0.3 is 0 Å². The quantitative estimate of drug-likeness (QED) is 0.634. The Morgan fingerprint density at radius 3 is 1.96 bits per heavy atom. The van der Waals surface area contributed by atoms with E-state index in [0.29, 0.717) is 0 Å². The smallest absolute Gasteiger partial charge is 0.171 e. The van der Waals surface area contributed by atoms with Crippen LogP contribution in [0, 0.1) is 6.92 Å². The molecule has 0 atom stereocenters. The highest BCUT2D eigenvalue weighted by atomic mass is 32.1. The van der Waals surface area contributed by atoms with Crippen molar-refractivity contribution in [2.75, 3.05) is 7.11 Å². The fraction of sp³-hybridized carbons (Fsp3) is 0.158. The van der Waals surface area contributed by atoms with Crippen LogP contribution in [0.25, 0.3) is 21.7 Å². The van der Waals surface area contributed by atoms with Gasteiger partial charge in [-0.05, 0) is 30.2 Å². The van der Waals surface area contributed by atoms with Gasteiger partial charge in [-0.1, -0.05) is 36.4 Å². The molecule has 0 unspecified atom stereocenters. The Bertz CT molecular complexity index is 833. The van der Waals surface area contributed by atoms with Gasteiger partial charge in [0.25, 0.3) is 0 Å². The molecule has 0 aliphatic heterocycles. The maximum atomic E-state index is 11.6. The van der Waals surface area contributed by atoms with Crippen LogP contribution in [-0.4, -0.2) is 17.9 Å². The first-order chi connectivity index (χ1) is 11.1. The lowest BCUT2D eigenvalue weighted by molar-refractivity contribution is 0.102. The molecule has 0 spiro atoms. The zero-order chi connectivity index (χ0) is 16.4. The fourth-order valence-electron chi connectivity index (χ4n) is 2.44. The van der Waals surface area contributed by atoms with Crippen molar-refractivity contribution in [3.63, 3.8) is 0 Å². The average Bonchev–Trinajstić information content (AvgIpc) is 2.97. The number of carbonyl (C=O) groups excluding carboxylic acids is 1. The third-order valence-electron chi connectivity index (χ3n) is 3.67. The minimum atomic E-state index is 0.0705. The number of carbonyl (C=O) groups is 1. The second kappa shape index (κ2) is 6.34. The molecule has 4 heteroatoms. The first-order valence-corrected chi connectivity index (χ1v) is 8.13. The molecule has 0 bridgehead atoms. The van der Waals surface area contributed by atoms with Crippen molar-refractivity contribution >= 4 is 17.1 Å². The Kier molecular flexibility index (Phi) is 4.26. The molecule has 116 valence electrons. The van der Waals surface area contributed by atoms with Gasteiger partial charge in [-0.25, -0.2) is 4.98 Å². The lowest BCUT2D eigenvalue weighted by Crippen LogP contribution is -1.89. The summed E-state index contributed by atoms with van der Waals surface area (Å²) >= 11 is 1.45. The number of ketones is 1. The Hall–Kier alpha value is -2.46. The summed E-state index contributed by atoms with van der Waals surface area (Å²) in [5.74, 6) is 0.918. The standard InChI is InChI=1S/C19H17NO2S/c1-12-18(13(2)21)23-19(20-12)16-6-4-14(5-7-16)15-8-10-17(22-3)11-9-15/h4-11H,1-3H3. The number of methoxy groups -OCH3 is 1. The predicted molar refractivity (Wildman–Crippen MR) is 94.3 cm³/mol. The van der Waals surface area contributed by atoms with Gasteiger partial charge in [0.1, 0.15) is 10.8 Å². The summed E-state index contributed by atoms with van der Waals surface area (Å²) in [5, 5.41) is 0.883. The number of hydrogen-bond acceptors (Lipinski definition) is 4. The summed E-state index contributed by atoms with van der Waals surface area (Å²) in [7, 11) is 1.66. The molecule has 0 N–H and O–H groups in total. The SMILES string of the molecule is COc1ccc(-c2ccc(-c3nc(C)c(C(C)=O)s3)cc2)cc1. The first-order valence-electron chi connectivity index (χ1n) is 7.31. The lowest BCUT2D eigenvalue weighted by Gasteiger charge is -2.04. The highest BCUT2D eigenvalue weighted by Gasteiger charge is 2.12. The topological polar surface area (TPSA) is 39.2 Å².